The maximum absolute atomic E-state index is 11.8. The van der Waals surface area contributed by atoms with Gasteiger partial charge in [0.05, 0.1) is 19.0 Å². The summed E-state index contributed by atoms with van der Waals surface area (Å²) in [6.07, 6.45) is 2.91. The third-order valence-corrected chi connectivity index (χ3v) is 3.69. The Hall–Kier alpha value is -3.87. The molecule has 0 fully saturated rings. The van der Waals surface area contributed by atoms with Crippen LogP contribution in [-0.2, 0) is 4.79 Å². The van der Waals surface area contributed by atoms with Gasteiger partial charge in [0.25, 0.3) is 5.91 Å². The van der Waals surface area contributed by atoms with E-state index < -0.39 is 5.97 Å². The fourth-order valence-electron chi connectivity index (χ4n) is 2.33. The highest BCUT2D eigenvalue weighted by atomic mass is 16.5. The maximum atomic E-state index is 11.8. The number of hydrazone groups is 1. The number of nitrogens with zero attached hydrogens (tertiary/aromatic N) is 1. The van der Waals surface area contributed by atoms with Crippen LogP contribution in [0.5, 0.6) is 5.75 Å². The van der Waals surface area contributed by atoms with E-state index in [-0.39, 0.29) is 18.2 Å². The number of anilines is 1. The number of esters is 1. The van der Waals surface area contributed by atoms with E-state index >= 15 is 0 Å². The Balaban J connectivity index is 1.45. The minimum atomic E-state index is -0.570. The van der Waals surface area contributed by atoms with Gasteiger partial charge >= 0.3 is 5.97 Å². The molecule has 3 rings (SSSR count). The first-order valence-corrected chi connectivity index (χ1v) is 8.58. The predicted octanol–water partition coefficient (Wildman–Crippen LogP) is 3.37. The SMILES string of the molecule is Cc1cccc(NCC(=O)NN=Cc2ccc(OC(=O)c3ccco3)cc2)c1. The molecule has 0 bridgehead atoms. The van der Waals surface area contributed by atoms with E-state index in [0.29, 0.717) is 5.75 Å². The lowest BCUT2D eigenvalue weighted by Gasteiger charge is -2.05. The summed E-state index contributed by atoms with van der Waals surface area (Å²) in [4.78, 5) is 23.6. The summed E-state index contributed by atoms with van der Waals surface area (Å²) in [5.41, 5.74) is 5.18. The molecule has 0 unspecified atom stereocenters. The molecule has 0 radical (unpaired) electrons. The minimum Gasteiger partial charge on any atom is -0.457 e. The van der Waals surface area contributed by atoms with Crippen LogP contribution in [0.2, 0.25) is 0 Å². The van der Waals surface area contributed by atoms with E-state index in [1.54, 1.807) is 30.3 Å². The zero-order chi connectivity index (χ0) is 19.8. The number of furan rings is 1. The zero-order valence-electron chi connectivity index (χ0n) is 15.2. The Kier molecular flexibility index (Phi) is 6.20. The Morgan fingerprint density at radius 3 is 2.64 bits per heavy atom. The number of amides is 1. The van der Waals surface area contributed by atoms with Crippen molar-refractivity contribution in [1.82, 2.24) is 5.43 Å². The molecule has 1 aromatic heterocycles. The van der Waals surface area contributed by atoms with Gasteiger partial charge in [-0.05, 0) is 66.6 Å². The number of hydrogen-bond acceptors (Lipinski definition) is 6. The fraction of sp³-hybridized carbons (Fsp3) is 0.0952. The van der Waals surface area contributed by atoms with Crippen molar-refractivity contribution < 1.29 is 18.7 Å². The summed E-state index contributed by atoms with van der Waals surface area (Å²) in [6, 6.07) is 17.6. The molecule has 0 aliphatic heterocycles. The van der Waals surface area contributed by atoms with Gasteiger partial charge < -0.3 is 14.5 Å². The van der Waals surface area contributed by atoms with Gasteiger partial charge in [0.1, 0.15) is 5.75 Å². The number of hydrogen-bond donors (Lipinski definition) is 2. The first kappa shape index (κ1) is 18.9. The van der Waals surface area contributed by atoms with Crippen molar-refractivity contribution in [3.63, 3.8) is 0 Å². The van der Waals surface area contributed by atoms with E-state index in [1.165, 1.54) is 18.5 Å². The maximum Gasteiger partial charge on any atom is 0.379 e. The summed E-state index contributed by atoms with van der Waals surface area (Å²) < 4.78 is 10.2. The molecule has 7 heteroatoms. The molecule has 0 aliphatic carbocycles. The summed E-state index contributed by atoms with van der Waals surface area (Å²) in [5, 5.41) is 6.94. The van der Waals surface area contributed by atoms with Gasteiger partial charge in [-0.3, -0.25) is 4.79 Å². The van der Waals surface area contributed by atoms with Crippen molar-refractivity contribution in [1.29, 1.82) is 0 Å². The van der Waals surface area contributed by atoms with Crippen molar-refractivity contribution in [3.8, 4) is 5.75 Å². The van der Waals surface area contributed by atoms with Crippen molar-refractivity contribution in [2.45, 2.75) is 6.92 Å². The van der Waals surface area contributed by atoms with Crippen molar-refractivity contribution in [2.75, 3.05) is 11.9 Å². The monoisotopic (exact) mass is 377 g/mol. The van der Waals surface area contributed by atoms with Crippen LogP contribution in [0.3, 0.4) is 0 Å². The average molecular weight is 377 g/mol. The number of rotatable bonds is 7. The molecule has 0 saturated carbocycles. The van der Waals surface area contributed by atoms with Gasteiger partial charge in [0.2, 0.25) is 5.76 Å². The first-order valence-electron chi connectivity index (χ1n) is 8.58. The molecular formula is C21H19N3O4. The molecule has 142 valence electrons. The molecular weight excluding hydrogens is 358 g/mol. The Morgan fingerprint density at radius 2 is 1.93 bits per heavy atom. The lowest BCUT2D eigenvalue weighted by Crippen LogP contribution is -2.25. The average Bonchev–Trinajstić information content (AvgIpc) is 3.23. The van der Waals surface area contributed by atoms with Crippen LogP contribution in [0.1, 0.15) is 21.7 Å². The highest BCUT2D eigenvalue weighted by molar-refractivity contribution is 5.88. The molecule has 1 amide bonds. The van der Waals surface area contributed by atoms with Gasteiger partial charge in [-0.25, -0.2) is 10.2 Å². The molecule has 0 atom stereocenters. The molecule has 1 heterocycles. The second kappa shape index (κ2) is 9.18. The first-order chi connectivity index (χ1) is 13.6. The number of carbonyl (C=O) groups excluding carboxylic acids is 2. The summed E-state index contributed by atoms with van der Waals surface area (Å²) in [5.74, 6) is -0.320. The van der Waals surface area contributed by atoms with Gasteiger partial charge in [0, 0.05) is 5.69 Å². The van der Waals surface area contributed by atoms with E-state index in [4.69, 9.17) is 9.15 Å². The minimum absolute atomic E-state index is 0.114. The highest BCUT2D eigenvalue weighted by Gasteiger charge is 2.10. The van der Waals surface area contributed by atoms with Crippen LogP contribution in [-0.4, -0.2) is 24.6 Å². The fourth-order valence-corrected chi connectivity index (χ4v) is 2.33. The largest absolute Gasteiger partial charge is 0.457 e. The van der Waals surface area contributed by atoms with Gasteiger partial charge in [-0.15, -0.1) is 0 Å². The molecule has 2 aromatic carbocycles. The topological polar surface area (TPSA) is 92.9 Å². The number of ether oxygens (including phenoxy) is 1. The Bertz CT molecular complexity index is 964. The summed E-state index contributed by atoms with van der Waals surface area (Å²) in [6.45, 7) is 2.10. The molecule has 0 aliphatic rings. The zero-order valence-corrected chi connectivity index (χ0v) is 15.2. The van der Waals surface area contributed by atoms with Gasteiger partial charge in [-0.1, -0.05) is 12.1 Å². The lowest BCUT2D eigenvalue weighted by molar-refractivity contribution is -0.119. The number of nitrogens with one attached hydrogen (secondary N) is 2. The lowest BCUT2D eigenvalue weighted by atomic mass is 10.2. The standard InChI is InChI=1S/C21H19N3O4/c1-15-4-2-5-17(12-15)22-14-20(25)24-23-13-16-7-9-18(10-8-16)28-21(26)19-6-3-11-27-19/h2-13,22H,14H2,1H3,(H,24,25). The number of aryl methyl sites for hydroxylation is 1. The van der Waals surface area contributed by atoms with Gasteiger partial charge in [-0.2, -0.15) is 5.10 Å². The van der Waals surface area contributed by atoms with Gasteiger partial charge in [0.15, 0.2) is 0 Å². The predicted molar refractivity (Wildman–Crippen MR) is 106 cm³/mol. The highest BCUT2D eigenvalue weighted by Crippen LogP contribution is 2.14. The van der Waals surface area contributed by atoms with Crippen molar-refractivity contribution in [3.05, 3.63) is 83.8 Å². The van der Waals surface area contributed by atoms with E-state index in [1.807, 2.05) is 31.2 Å². The van der Waals surface area contributed by atoms with Crippen LogP contribution >= 0.6 is 0 Å². The smallest absolute Gasteiger partial charge is 0.379 e. The summed E-state index contributed by atoms with van der Waals surface area (Å²) >= 11 is 0. The van der Waals surface area contributed by atoms with Crippen LogP contribution in [0.25, 0.3) is 0 Å². The number of carbonyl (C=O) groups is 2. The molecule has 0 saturated heterocycles. The molecule has 28 heavy (non-hydrogen) atoms. The van der Waals surface area contributed by atoms with Crippen LogP contribution < -0.4 is 15.5 Å². The van der Waals surface area contributed by atoms with E-state index in [2.05, 4.69) is 15.8 Å². The van der Waals surface area contributed by atoms with Crippen LogP contribution in [0, 0.1) is 6.92 Å². The number of benzene rings is 2. The quantitative estimate of drug-likeness (QED) is 0.285. The van der Waals surface area contributed by atoms with E-state index in [0.717, 1.165) is 16.8 Å². The van der Waals surface area contributed by atoms with Crippen molar-refractivity contribution >= 4 is 23.8 Å². The van der Waals surface area contributed by atoms with Crippen molar-refractivity contribution in [2.24, 2.45) is 5.10 Å². The van der Waals surface area contributed by atoms with Crippen LogP contribution in [0.15, 0.2) is 76.4 Å². The normalized spacial score (nSPS) is 10.6. The third-order valence-electron chi connectivity index (χ3n) is 3.69. The molecule has 7 nitrogen and oxygen atoms in total. The molecule has 0 spiro atoms. The molecule has 2 N–H and O–H groups in total. The second-order valence-corrected chi connectivity index (χ2v) is 5.95. The van der Waals surface area contributed by atoms with E-state index in [9.17, 15) is 9.59 Å². The Morgan fingerprint density at radius 1 is 1.11 bits per heavy atom. The van der Waals surface area contributed by atoms with Crippen LogP contribution in [0.4, 0.5) is 5.69 Å². The molecule has 3 aromatic rings. The second-order valence-electron chi connectivity index (χ2n) is 5.95. The third kappa shape index (κ3) is 5.57. The summed E-state index contributed by atoms with van der Waals surface area (Å²) in [7, 11) is 0. The Labute approximate surface area is 162 Å².